The van der Waals surface area contributed by atoms with E-state index in [1.807, 2.05) is 6.07 Å². The van der Waals surface area contributed by atoms with E-state index in [2.05, 4.69) is 24.2 Å². The number of nitrogens with two attached hydrogens (primary N) is 1. The van der Waals surface area contributed by atoms with E-state index in [0.717, 1.165) is 31.5 Å². The first-order valence-corrected chi connectivity index (χ1v) is 7.04. The van der Waals surface area contributed by atoms with Crippen molar-refractivity contribution in [1.29, 1.82) is 0 Å². The number of rotatable bonds is 7. The van der Waals surface area contributed by atoms with Crippen LogP contribution < -0.4 is 16.2 Å². The molecule has 1 saturated carbocycles. The van der Waals surface area contributed by atoms with Gasteiger partial charge in [0.1, 0.15) is 0 Å². The van der Waals surface area contributed by atoms with Gasteiger partial charge in [0.25, 0.3) is 5.69 Å². The lowest BCUT2D eigenvalue weighted by atomic mass is 10.1. The summed E-state index contributed by atoms with van der Waals surface area (Å²) < 4.78 is 0. The molecule has 0 unspecified atom stereocenters. The maximum Gasteiger partial charge on any atom is 0.273 e. The minimum atomic E-state index is -0.377. The number of hydrogen-bond acceptors (Lipinski definition) is 5. The Morgan fingerprint density at radius 1 is 1.45 bits per heavy atom. The van der Waals surface area contributed by atoms with E-state index in [1.54, 1.807) is 6.07 Å². The van der Waals surface area contributed by atoms with E-state index in [0.29, 0.717) is 17.6 Å². The Morgan fingerprint density at radius 3 is 2.65 bits per heavy atom. The van der Waals surface area contributed by atoms with E-state index in [-0.39, 0.29) is 10.6 Å². The summed E-state index contributed by atoms with van der Waals surface area (Å²) in [5.41, 5.74) is 4.04. The van der Waals surface area contributed by atoms with Crippen LogP contribution in [0.5, 0.6) is 0 Å². The predicted molar refractivity (Wildman–Crippen MR) is 80.7 cm³/mol. The van der Waals surface area contributed by atoms with Crippen molar-refractivity contribution in [1.82, 2.24) is 0 Å². The van der Waals surface area contributed by atoms with Crippen LogP contribution in [-0.4, -0.2) is 17.5 Å². The van der Waals surface area contributed by atoms with Crippen LogP contribution in [0.1, 0.15) is 33.1 Å². The molecule has 0 amide bonds. The summed E-state index contributed by atoms with van der Waals surface area (Å²) in [4.78, 5) is 12.9. The Labute approximate surface area is 119 Å². The van der Waals surface area contributed by atoms with E-state index in [1.165, 1.54) is 6.07 Å². The summed E-state index contributed by atoms with van der Waals surface area (Å²) >= 11 is 0. The van der Waals surface area contributed by atoms with Gasteiger partial charge in [-0.15, -0.1) is 0 Å². The van der Waals surface area contributed by atoms with Crippen LogP contribution >= 0.6 is 0 Å². The number of nitro benzene ring substituents is 1. The molecule has 1 fully saturated rings. The van der Waals surface area contributed by atoms with Crippen LogP contribution in [0.25, 0.3) is 0 Å². The van der Waals surface area contributed by atoms with Gasteiger partial charge in [-0.3, -0.25) is 16.0 Å². The molecule has 110 valence electrons. The van der Waals surface area contributed by atoms with E-state index in [9.17, 15) is 10.1 Å². The molecule has 20 heavy (non-hydrogen) atoms. The molecule has 6 heteroatoms. The number of nitrogen functional groups attached to an aromatic ring is 1. The second-order valence-corrected chi connectivity index (χ2v) is 5.75. The van der Waals surface area contributed by atoms with Gasteiger partial charge in [-0.05, 0) is 31.2 Å². The largest absolute Gasteiger partial charge is 0.368 e. The quantitative estimate of drug-likeness (QED) is 0.455. The number of non-ortho nitro benzene ring substituents is 1. The molecule has 0 atom stereocenters. The fourth-order valence-corrected chi connectivity index (χ4v) is 2.26. The molecule has 1 aliphatic carbocycles. The predicted octanol–water partition coefficient (Wildman–Crippen LogP) is 2.90. The number of benzene rings is 1. The molecule has 1 aromatic rings. The third kappa shape index (κ3) is 3.60. The second kappa shape index (κ2) is 6.09. The average Bonchev–Trinajstić information content (AvgIpc) is 3.22. The lowest BCUT2D eigenvalue weighted by Crippen LogP contribution is -2.28. The molecule has 0 spiro atoms. The Bertz CT molecular complexity index is 486. The van der Waals surface area contributed by atoms with Crippen LogP contribution in [0, 0.1) is 16.0 Å². The first kappa shape index (κ1) is 14.6. The van der Waals surface area contributed by atoms with Crippen LogP contribution in [0.4, 0.5) is 17.1 Å². The number of nitrogens with zero attached hydrogens (tertiary/aromatic N) is 2. The zero-order valence-electron chi connectivity index (χ0n) is 12.0. The van der Waals surface area contributed by atoms with Gasteiger partial charge >= 0.3 is 0 Å². The molecule has 1 aliphatic rings. The lowest BCUT2D eigenvalue weighted by Gasteiger charge is -2.26. The van der Waals surface area contributed by atoms with Gasteiger partial charge < -0.3 is 10.3 Å². The Hall–Kier alpha value is -1.82. The summed E-state index contributed by atoms with van der Waals surface area (Å²) in [5, 5.41) is 11.0. The first-order chi connectivity index (χ1) is 9.51. The molecule has 1 aromatic carbocycles. The monoisotopic (exact) mass is 278 g/mol. The third-order valence-electron chi connectivity index (χ3n) is 3.55. The highest BCUT2D eigenvalue weighted by molar-refractivity contribution is 5.65. The van der Waals surface area contributed by atoms with Crippen molar-refractivity contribution in [2.45, 2.75) is 39.2 Å². The zero-order valence-corrected chi connectivity index (χ0v) is 12.0. The molecule has 0 aromatic heterocycles. The number of hydrogen-bond donors (Lipinski definition) is 2. The highest BCUT2D eigenvalue weighted by atomic mass is 16.6. The molecular weight excluding hydrogens is 256 g/mol. The van der Waals surface area contributed by atoms with Crippen molar-refractivity contribution in [3.05, 3.63) is 28.3 Å². The topological polar surface area (TPSA) is 84.4 Å². The Kier molecular flexibility index (Phi) is 4.44. The van der Waals surface area contributed by atoms with Crippen molar-refractivity contribution in [2.24, 2.45) is 11.8 Å². The molecule has 0 bridgehead atoms. The van der Waals surface area contributed by atoms with Gasteiger partial charge in [-0.25, -0.2) is 0 Å². The highest BCUT2D eigenvalue weighted by Gasteiger charge is 2.30. The van der Waals surface area contributed by atoms with E-state index < -0.39 is 0 Å². The van der Waals surface area contributed by atoms with Crippen molar-refractivity contribution in [3.63, 3.8) is 0 Å². The summed E-state index contributed by atoms with van der Waals surface area (Å²) in [6, 6.07) is 5.49. The third-order valence-corrected chi connectivity index (χ3v) is 3.55. The molecule has 0 aliphatic heterocycles. The van der Waals surface area contributed by atoms with Gasteiger partial charge in [-0.1, -0.05) is 13.8 Å². The average molecular weight is 278 g/mol. The fraction of sp³-hybridized carbons (Fsp3) is 0.571. The molecule has 0 heterocycles. The minimum Gasteiger partial charge on any atom is -0.368 e. The van der Waals surface area contributed by atoms with Gasteiger partial charge in [-0.2, -0.15) is 0 Å². The molecule has 6 nitrogen and oxygen atoms in total. The van der Waals surface area contributed by atoms with Crippen molar-refractivity contribution >= 4 is 17.1 Å². The number of hydrazine groups is 1. The summed E-state index contributed by atoms with van der Waals surface area (Å²) in [5.74, 6) is 6.02. The van der Waals surface area contributed by atoms with Crippen LogP contribution in [0.2, 0.25) is 0 Å². The van der Waals surface area contributed by atoms with Gasteiger partial charge in [0, 0.05) is 30.4 Å². The van der Waals surface area contributed by atoms with Crippen molar-refractivity contribution < 1.29 is 4.92 Å². The summed E-state index contributed by atoms with van der Waals surface area (Å²) in [7, 11) is 0. The number of nitro groups is 1. The van der Waals surface area contributed by atoms with Crippen LogP contribution in [-0.2, 0) is 0 Å². The highest BCUT2D eigenvalue weighted by Crippen LogP contribution is 2.35. The maximum absolute atomic E-state index is 11.0. The fourth-order valence-electron chi connectivity index (χ4n) is 2.26. The maximum atomic E-state index is 11.0. The second-order valence-electron chi connectivity index (χ2n) is 5.75. The van der Waals surface area contributed by atoms with E-state index in [4.69, 9.17) is 5.84 Å². The molecule has 3 N–H and O–H groups in total. The van der Waals surface area contributed by atoms with Crippen molar-refractivity contribution in [3.8, 4) is 0 Å². The van der Waals surface area contributed by atoms with Crippen LogP contribution in [0.15, 0.2) is 18.2 Å². The van der Waals surface area contributed by atoms with E-state index >= 15 is 0 Å². The number of nitrogens with one attached hydrogen (secondary N) is 1. The summed E-state index contributed by atoms with van der Waals surface area (Å²) in [6.07, 6.45) is 3.39. The molecule has 0 radical (unpaired) electrons. The SMILES string of the molecule is CC(C)CCN(c1cc(NN)cc([N+](=O)[O-])c1)C1CC1. The van der Waals surface area contributed by atoms with Gasteiger partial charge in [0.15, 0.2) is 0 Å². The first-order valence-electron chi connectivity index (χ1n) is 7.04. The molecule has 0 saturated heterocycles. The van der Waals surface area contributed by atoms with Gasteiger partial charge in [0.2, 0.25) is 0 Å². The Balaban J connectivity index is 2.26. The normalized spacial score (nSPS) is 14.4. The lowest BCUT2D eigenvalue weighted by molar-refractivity contribution is -0.384. The zero-order chi connectivity index (χ0) is 14.7. The summed E-state index contributed by atoms with van der Waals surface area (Å²) in [6.45, 7) is 5.30. The van der Waals surface area contributed by atoms with Crippen LogP contribution in [0.3, 0.4) is 0 Å². The minimum absolute atomic E-state index is 0.0747. The molecule has 2 rings (SSSR count). The smallest absolute Gasteiger partial charge is 0.273 e. The molecular formula is C14H22N4O2. The van der Waals surface area contributed by atoms with Crippen molar-refractivity contribution in [2.75, 3.05) is 16.9 Å². The number of anilines is 2. The standard InChI is InChI=1S/C14H22N4O2/c1-10(2)5-6-17(12-3-4-12)13-7-11(16-15)8-14(9-13)18(19)20/h7-10,12,16H,3-6,15H2,1-2H3. The Morgan fingerprint density at radius 2 is 2.15 bits per heavy atom. The van der Waals surface area contributed by atoms with Gasteiger partial charge in [0.05, 0.1) is 10.6 Å².